The second-order valence-corrected chi connectivity index (χ2v) is 8.09. The molecule has 16 heavy (non-hydrogen) atoms. The highest BCUT2D eigenvalue weighted by molar-refractivity contribution is 9.11. The van der Waals surface area contributed by atoms with Gasteiger partial charge in [0.25, 0.3) is 10.0 Å². The Morgan fingerprint density at radius 1 is 1.25 bits per heavy atom. The van der Waals surface area contributed by atoms with Gasteiger partial charge in [-0.15, -0.1) is 11.3 Å². The zero-order chi connectivity index (χ0) is 12.2. The van der Waals surface area contributed by atoms with Gasteiger partial charge in [0.2, 0.25) is 0 Å². The number of nitrogens with zero attached hydrogens (tertiary/aromatic N) is 1. The molecule has 0 saturated carbocycles. The molecule has 0 bridgehead atoms. The van der Waals surface area contributed by atoms with Crippen molar-refractivity contribution in [3.05, 3.63) is 15.9 Å². The summed E-state index contributed by atoms with van der Waals surface area (Å²) >= 11 is 4.55. The smallest absolute Gasteiger partial charge is 0.206 e. The van der Waals surface area contributed by atoms with Crippen LogP contribution in [-0.4, -0.2) is 25.8 Å². The number of rotatable bonds is 6. The van der Waals surface area contributed by atoms with E-state index in [1.54, 1.807) is 16.4 Å². The molecule has 0 aromatic carbocycles. The normalized spacial score (nSPS) is 12.2. The Morgan fingerprint density at radius 2 is 1.81 bits per heavy atom. The van der Waals surface area contributed by atoms with Crippen LogP contribution >= 0.6 is 27.3 Å². The zero-order valence-corrected chi connectivity index (χ0v) is 12.7. The quantitative estimate of drug-likeness (QED) is 0.804. The molecule has 0 aliphatic carbocycles. The molecule has 0 aliphatic rings. The van der Waals surface area contributed by atoms with Gasteiger partial charge in [-0.2, -0.15) is 4.31 Å². The van der Waals surface area contributed by atoms with Gasteiger partial charge in [-0.25, -0.2) is 8.42 Å². The number of sulfonamides is 1. The maximum absolute atomic E-state index is 12.2. The van der Waals surface area contributed by atoms with E-state index in [4.69, 9.17) is 0 Å². The lowest BCUT2D eigenvalue weighted by atomic mass is 10.4. The van der Waals surface area contributed by atoms with Gasteiger partial charge in [-0.05, 0) is 40.9 Å². The van der Waals surface area contributed by atoms with E-state index in [0.717, 1.165) is 16.6 Å². The lowest BCUT2D eigenvalue weighted by Gasteiger charge is -2.19. The van der Waals surface area contributed by atoms with Crippen molar-refractivity contribution >= 4 is 37.3 Å². The van der Waals surface area contributed by atoms with Gasteiger partial charge in [0.1, 0.15) is 4.21 Å². The van der Waals surface area contributed by atoms with Crippen molar-refractivity contribution in [2.75, 3.05) is 13.1 Å². The molecule has 0 fully saturated rings. The zero-order valence-electron chi connectivity index (χ0n) is 9.44. The highest BCUT2D eigenvalue weighted by Gasteiger charge is 2.24. The van der Waals surface area contributed by atoms with Crippen LogP contribution in [-0.2, 0) is 10.0 Å². The molecule has 1 aromatic rings. The number of hydrogen-bond donors (Lipinski definition) is 0. The lowest BCUT2D eigenvalue weighted by molar-refractivity contribution is 0.411. The Hall–Kier alpha value is 0.0900. The SMILES string of the molecule is CCCN(CCC)S(=O)(=O)c1ccc(Br)s1. The Morgan fingerprint density at radius 3 is 2.19 bits per heavy atom. The predicted molar refractivity (Wildman–Crippen MR) is 71.4 cm³/mol. The van der Waals surface area contributed by atoms with Crippen molar-refractivity contribution in [2.45, 2.75) is 30.9 Å². The first-order valence-electron chi connectivity index (χ1n) is 5.27. The van der Waals surface area contributed by atoms with E-state index in [2.05, 4.69) is 15.9 Å². The molecular weight excluding hydrogens is 310 g/mol. The van der Waals surface area contributed by atoms with E-state index in [1.165, 1.54) is 11.3 Å². The summed E-state index contributed by atoms with van der Waals surface area (Å²) in [6.07, 6.45) is 1.68. The van der Waals surface area contributed by atoms with Gasteiger partial charge in [0.15, 0.2) is 0 Å². The Labute approximate surface area is 110 Å². The molecule has 3 nitrogen and oxygen atoms in total. The van der Waals surface area contributed by atoms with Crippen LogP contribution < -0.4 is 0 Å². The third-order valence-corrected chi connectivity index (χ3v) is 6.08. The second kappa shape index (κ2) is 6.14. The summed E-state index contributed by atoms with van der Waals surface area (Å²) in [5.41, 5.74) is 0. The van der Waals surface area contributed by atoms with Crippen molar-refractivity contribution in [1.29, 1.82) is 0 Å². The Kier molecular flexibility index (Phi) is 5.43. The predicted octanol–water partition coefficient (Wildman–Crippen LogP) is 3.32. The summed E-state index contributed by atoms with van der Waals surface area (Å²) < 4.78 is 27.3. The first kappa shape index (κ1) is 14.2. The maximum atomic E-state index is 12.2. The minimum Gasteiger partial charge on any atom is -0.206 e. The van der Waals surface area contributed by atoms with Gasteiger partial charge >= 0.3 is 0 Å². The number of hydrogen-bond acceptors (Lipinski definition) is 3. The average Bonchev–Trinajstić information content (AvgIpc) is 2.65. The van der Waals surface area contributed by atoms with Gasteiger partial charge in [0.05, 0.1) is 3.79 Å². The van der Waals surface area contributed by atoms with Crippen LogP contribution in [0, 0.1) is 0 Å². The summed E-state index contributed by atoms with van der Waals surface area (Å²) in [5.74, 6) is 0. The van der Waals surface area contributed by atoms with Crippen LogP contribution in [0.25, 0.3) is 0 Å². The van der Waals surface area contributed by atoms with E-state index >= 15 is 0 Å². The third kappa shape index (κ3) is 3.29. The van der Waals surface area contributed by atoms with E-state index < -0.39 is 10.0 Å². The van der Waals surface area contributed by atoms with Crippen molar-refractivity contribution in [1.82, 2.24) is 4.31 Å². The average molecular weight is 326 g/mol. The van der Waals surface area contributed by atoms with Crippen LogP contribution in [0.4, 0.5) is 0 Å². The van der Waals surface area contributed by atoms with Crippen LogP contribution in [0.15, 0.2) is 20.1 Å². The molecule has 0 amide bonds. The maximum Gasteiger partial charge on any atom is 0.252 e. The van der Waals surface area contributed by atoms with E-state index in [0.29, 0.717) is 17.3 Å². The molecule has 1 heterocycles. The second-order valence-electron chi connectivity index (χ2n) is 3.46. The van der Waals surface area contributed by atoms with Crippen LogP contribution in [0.5, 0.6) is 0 Å². The monoisotopic (exact) mass is 325 g/mol. The minimum absolute atomic E-state index is 0.418. The van der Waals surface area contributed by atoms with Gasteiger partial charge in [0, 0.05) is 13.1 Å². The number of thiophene rings is 1. The molecule has 0 radical (unpaired) electrons. The standard InChI is InChI=1S/C10H16BrNO2S2/c1-3-7-12(8-4-2)16(13,14)10-6-5-9(11)15-10/h5-6H,3-4,7-8H2,1-2H3. The highest BCUT2D eigenvalue weighted by Crippen LogP contribution is 2.28. The summed E-state index contributed by atoms with van der Waals surface area (Å²) in [6.45, 7) is 5.16. The van der Waals surface area contributed by atoms with Crippen LogP contribution in [0.2, 0.25) is 0 Å². The topological polar surface area (TPSA) is 37.4 Å². The molecule has 0 unspecified atom stereocenters. The van der Waals surface area contributed by atoms with E-state index in [1.807, 2.05) is 13.8 Å². The summed E-state index contributed by atoms with van der Waals surface area (Å²) in [6, 6.07) is 3.43. The van der Waals surface area contributed by atoms with Crippen LogP contribution in [0.3, 0.4) is 0 Å². The van der Waals surface area contributed by atoms with E-state index in [-0.39, 0.29) is 0 Å². The van der Waals surface area contributed by atoms with Crippen molar-refractivity contribution < 1.29 is 8.42 Å². The number of halogens is 1. The molecule has 0 spiro atoms. The molecular formula is C10H16BrNO2S2. The van der Waals surface area contributed by atoms with Gasteiger partial charge in [-0.3, -0.25) is 0 Å². The van der Waals surface area contributed by atoms with Crippen molar-refractivity contribution in [3.63, 3.8) is 0 Å². The third-order valence-electron chi connectivity index (χ3n) is 2.09. The molecule has 92 valence electrons. The van der Waals surface area contributed by atoms with Gasteiger partial charge < -0.3 is 0 Å². The van der Waals surface area contributed by atoms with Crippen molar-refractivity contribution in [2.24, 2.45) is 0 Å². The fraction of sp³-hybridized carbons (Fsp3) is 0.600. The lowest BCUT2D eigenvalue weighted by Crippen LogP contribution is -2.32. The molecule has 0 aliphatic heterocycles. The fourth-order valence-electron chi connectivity index (χ4n) is 1.41. The van der Waals surface area contributed by atoms with Gasteiger partial charge in [-0.1, -0.05) is 13.8 Å². The van der Waals surface area contributed by atoms with Crippen molar-refractivity contribution in [3.8, 4) is 0 Å². The first-order valence-corrected chi connectivity index (χ1v) is 8.32. The molecule has 0 atom stereocenters. The van der Waals surface area contributed by atoms with E-state index in [9.17, 15) is 8.42 Å². The molecule has 1 rings (SSSR count). The summed E-state index contributed by atoms with van der Waals surface area (Å²) in [4.78, 5) is 0. The Bertz CT molecular complexity index is 422. The largest absolute Gasteiger partial charge is 0.252 e. The van der Waals surface area contributed by atoms with Crippen LogP contribution in [0.1, 0.15) is 26.7 Å². The Balaban J connectivity index is 2.97. The fourth-order valence-corrected chi connectivity index (χ4v) is 5.20. The highest BCUT2D eigenvalue weighted by atomic mass is 79.9. The molecule has 0 N–H and O–H groups in total. The summed E-state index contributed by atoms with van der Waals surface area (Å²) in [7, 11) is -3.28. The minimum atomic E-state index is -3.28. The first-order chi connectivity index (χ1) is 7.52. The molecule has 1 aromatic heterocycles. The molecule has 6 heteroatoms. The summed E-state index contributed by atoms with van der Waals surface area (Å²) in [5, 5.41) is 0. The molecule has 0 saturated heterocycles.